The number of piperazine rings is 1. The van der Waals surface area contributed by atoms with Gasteiger partial charge in [0.25, 0.3) is 0 Å². The monoisotopic (exact) mass is 483 g/mol. The lowest BCUT2D eigenvalue weighted by molar-refractivity contribution is -0.144. The van der Waals surface area contributed by atoms with Crippen LogP contribution in [-0.2, 0) is 9.59 Å². The van der Waals surface area contributed by atoms with Crippen LogP contribution in [0.25, 0.3) is 11.3 Å². The Kier molecular flexibility index (Phi) is 8.89. The Bertz CT molecular complexity index is 1000. The minimum absolute atomic E-state index is 0.00571. The van der Waals surface area contributed by atoms with E-state index in [9.17, 15) is 9.59 Å². The van der Waals surface area contributed by atoms with Crippen LogP contribution in [-0.4, -0.2) is 84.8 Å². The van der Waals surface area contributed by atoms with E-state index in [0.717, 1.165) is 23.5 Å². The van der Waals surface area contributed by atoms with Crippen LogP contribution in [0.2, 0.25) is 0 Å². The molecule has 0 radical (unpaired) electrons. The van der Waals surface area contributed by atoms with Crippen molar-refractivity contribution in [2.75, 3.05) is 51.8 Å². The zero-order chi connectivity index (χ0) is 25.5. The molecule has 2 amide bonds. The summed E-state index contributed by atoms with van der Waals surface area (Å²) in [6.07, 6.45) is 0.817. The second-order valence-corrected chi connectivity index (χ2v) is 9.09. The van der Waals surface area contributed by atoms with Crippen LogP contribution in [0.1, 0.15) is 34.1 Å². The van der Waals surface area contributed by atoms with Gasteiger partial charge in [-0.25, -0.2) is 0 Å². The highest BCUT2D eigenvalue weighted by Gasteiger charge is 2.28. The highest BCUT2D eigenvalue weighted by molar-refractivity contribution is 5.86. The molecule has 1 fully saturated rings. The zero-order valence-electron chi connectivity index (χ0n) is 21.7. The number of carbonyl (C=O) groups excluding carboxylic acids is 2. The fourth-order valence-corrected chi connectivity index (χ4v) is 4.08. The van der Waals surface area contributed by atoms with Crippen molar-refractivity contribution in [3.05, 3.63) is 30.3 Å². The van der Waals surface area contributed by atoms with E-state index in [-0.39, 0.29) is 30.3 Å². The molecule has 190 valence electrons. The number of carbonyl (C=O) groups is 2. The largest absolute Gasteiger partial charge is 0.493 e. The van der Waals surface area contributed by atoms with Crippen molar-refractivity contribution >= 4 is 17.6 Å². The van der Waals surface area contributed by atoms with Gasteiger partial charge in [-0.1, -0.05) is 20.8 Å². The van der Waals surface area contributed by atoms with Crippen LogP contribution in [0.3, 0.4) is 0 Å². The molecule has 1 aliphatic heterocycles. The Hall–Kier alpha value is -3.36. The maximum absolute atomic E-state index is 13.0. The molecule has 9 heteroatoms. The summed E-state index contributed by atoms with van der Waals surface area (Å²) in [4.78, 5) is 31.3. The first-order chi connectivity index (χ1) is 16.8. The third kappa shape index (κ3) is 6.21. The van der Waals surface area contributed by atoms with Gasteiger partial charge in [0.1, 0.15) is 0 Å². The minimum atomic E-state index is -0.130. The lowest BCUT2D eigenvalue weighted by Crippen LogP contribution is -2.53. The normalized spacial score (nSPS) is 14.6. The van der Waals surface area contributed by atoms with Gasteiger partial charge in [-0.15, -0.1) is 10.2 Å². The van der Waals surface area contributed by atoms with Crippen LogP contribution < -0.4 is 14.4 Å². The summed E-state index contributed by atoms with van der Waals surface area (Å²) in [5.41, 5.74) is 1.63. The number of anilines is 1. The number of hydrogen-bond acceptors (Lipinski definition) is 7. The molecule has 0 aliphatic carbocycles. The zero-order valence-corrected chi connectivity index (χ0v) is 21.7. The summed E-state index contributed by atoms with van der Waals surface area (Å²) in [5, 5.41) is 8.82. The minimum Gasteiger partial charge on any atom is -0.493 e. The number of methoxy groups -OCH3 is 2. The molecule has 2 heterocycles. The molecule has 1 aromatic carbocycles. The van der Waals surface area contributed by atoms with Crippen LogP contribution in [0.4, 0.5) is 5.82 Å². The summed E-state index contributed by atoms with van der Waals surface area (Å²) in [6.45, 7) is 10.4. The molecule has 1 atom stereocenters. The molecule has 1 aromatic heterocycles. The summed E-state index contributed by atoms with van der Waals surface area (Å²) in [6, 6.07) is 9.55. The van der Waals surface area contributed by atoms with Crippen molar-refractivity contribution in [1.82, 2.24) is 20.0 Å². The van der Waals surface area contributed by atoms with Crippen molar-refractivity contribution in [3.63, 3.8) is 0 Å². The van der Waals surface area contributed by atoms with E-state index in [1.165, 1.54) is 0 Å². The molecule has 35 heavy (non-hydrogen) atoms. The lowest BCUT2D eigenvalue weighted by atomic mass is 10.1. The highest BCUT2D eigenvalue weighted by Crippen LogP contribution is 2.31. The molecule has 1 unspecified atom stereocenters. The molecule has 0 N–H and O–H groups in total. The number of amides is 2. The van der Waals surface area contributed by atoms with Crippen molar-refractivity contribution in [3.8, 4) is 22.8 Å². The second kappa shape index (κ2) is 11.9. The summed E-state index contributed by atoms with van der Waals surface area (Å²) < 4.78 is 10.7. The van der Waals surface area contributed by atoms with Gasteiger partial charge in [-0.05, 0) is 43.7 Å². The summed E-state index contributed by atoms with van der Waals surface area (Å²) in [7, 11) is 3.21. The predicted octanol–water partition coefficient (Wildman–Crippen LogP) is 3.09. The molecular weight excluding hydrogens is 446 g/mol. The maximum atomic E-state index is 13.0. The first kappa shape index (κ1) is 26.2. The molecule has 0 spiro atoms. The van der Waals surface area contributed by atoms with Crippen LogP contribution >= 0.6 is 0 Å². The van der Waals surface area contributed by atoms with E-state index in [1.807, 2.05) is 62.9 Å². The van der Waals surface area contributed by atoms with E-state index >= 15 is 0 Å². The molecule has 1 saturated heterocycles. The number of hydrogen-bond donors (Lipinski definition) is 0. The number of rotatable bonds is 9. The molecule has 9 nitrogen and oxygen atoms in total. The number of aromatic nitrogens is 2. The maximum Gasteiger partial charge on any atom is 0.242 e. The van der Waals surface area contributed by atoms with Crippen molar-refractivity contribution < 1.29 is 19.1 Å². The SMILES string of the molecule is CCC(C)N(CC(=O)N1CCN(c2ccc(-c3ccc(OC)c(OC)c3)nn2)CC1)C(=O)C(C)C. The number of ether oxygens (including phenoxy) is 2. The fraction of sp³-hybridized carbons (Fsp3) is 0.538. The summed E-state index contributed by atoms with van der Waals surface area (Å²) >= 11 is 0. The first-order valence-corrected chi connectivity index (χ1v) is 12.2. The Morgan fingerprint density at radius 3 is 2.20 bits per heavy atom. The molecule has 1 aliphatic rings. The molecular formula is C26H37N5O4. The van der Waals surface area contributed by atoms with E-state index in [2.05, 4.69) is 15.1 Å². The standard InChI is InChI=1S/C26H37N5O4/c1-7-19(4)31(26(33)18(2)3)17-25(32)30-14-12-29(13-15-30)24-11-9-21(27-28-24)20-8-10-22(34-5)23(16-20)35-6/h8-11,16,18-19H,7,12-15,17H2,1-6H3. The first-order valence-electron chi connectivity index (χ1n) is 12.2. The van der Waals surface area contributed by atoms with E-state index < -0.39 is 0 Å². The predicted molar refractivity (Wildman–Crippen MR) is 136 cm³/mol. The molecule has 2 aromatic rings. The van der Waals surface area contributed by atoms with Crippen molar-refractivity contribution in [2.45, 2.75) is 40.2 Å². The number of nitrogens with zero attached hydrogens (tertiary/aromatic N) is 5. The lowest BCUT2D eigenvalue weighted by Gasteiger charge is -2.37. The highest BCUT2D eigenvalue weighted by atomic mass is 16.5. The third-order valence-electron chi connectivity index (χ3n) is 6.49. The molecule has 0 saturated carbocycles. The van der Waals surface area contributed by atoms with E-state index in [4.69, 9.17) is 9.47 Å². The smallest absolute Gasteiger partial charge is 0.242 e. The van der Waals surface area contributed by atoms with Gasteiger partial charge in [0.2, 0.25) is 11.8 Å². The average molecular weight is 484 g/mol. The average Bonchev–Trinajstić information content (AvgIpc) is 2.90. The Morgan fingerprint density at radius 1 is 0.971 bits per heavy atom. The number of benzene rings is 1. The van der Waals surface area contributed by atoms with Gasteiger partial charge in [0.15, 0.2) is 17.3 Å². The Morgan fingerprint density at radius 2 is 1.66 bits per heavy atom. The Balaban J connectivity index is 1.60. The van der Waals surface area contributed by atoms with Gasteiger partial charge >= 0.3 is 0 Å². The molecule has 3 rings (SSSR count). The van der Waals surface area contributed by atoms with Crippen molar-refractivity contribution in [2.24, 2.45) is 5.92 Å². The van der Waals surface area contributed by atoms with Crippen LogP contribution in [0.5, 0.6) is 11.5 Å². The van der Waals surface area contributed by atoms with Gasteiger partial charge in [-0.2, -0.15) is 0 Å². The van der Waals surface area contributed by atoms with Gasteiger partial charge < -0.3 is 24.2 Å². The molecule has 0 bridgehead atoms. The topological polar surface area (TPSA) is 88.1 Å². The van der Waals surface area contributed by atoms with Gasteiger partial charge in [0, 0.05) is 43.7 Å². The van der Waals surface area contributed by atoms with Gasteiger partial charge in [-0.3, -0.25) is 9.59 Å². The van der Waals surface area contributed by atoms with Crippen LogP contribution in [0, 0.1) is 5.92 Å². The fourth-order valence-electron chi connectivity index (χ4n) is 4.08. The van der Waals surface area contributed by atoms with E-state index in [0.29, 0.717) is 37.7 Å². The van der Waals surface area contributed by atoms with Crippen molar-refractivity contribution in [1.29, 1.82) is 0 Å². The van der Waals surface area contributed by atoms with Gasteiger partial charge in [0.05, 0.1) is 26.5 Å². The van der Waals surface area contributed by atoms with Crippen LogP contribution in [0.15, 0.2) is 30.3 Å². The quantitative estimate of drug-likeness (QED) is 0.542. The summed E-state index contributed by atoms with van der Waals surface area (Å²) in [5.74, 6) is 1.96. The Labute approximate surface area is 208 Å². The third-order valence-corrected chi connectivity index (χ3v) is 6.49. The van der Waals surface area contributed by atoms with E-state index in [1.54, 1.807) is 19.1 Å². The second-order valence-electron chi connectivity index (χ2n) is 9.09.